The average Bonchev–Trinajstić information content (AvgIpc) is 3.35. The van der Waals surface area contributed by atoms with Crippen LogP contribution in [0.15, 0.2) is 52.1 Å². The van der Waals surface area contributed by atoms with Crippen LogP contribution < -0.4 is 15.4 Å². The van der Waals surface area contributed by atoms with Gasteiger partial charge in [-0.3, -0.25) is 10.1 Å². The standard InChI is InChI=1S/C18H22N6O2.HI/c1-3-25-14-8-5-4-7-13(14)11-20-18(19-2)21-12-16-22-17(24-23-16)15-9-6-10-26-15;/h4-10H,3,11-12H2,1-2H3,(H2,19,20,21)(H,22,23,24);1H. The number of furan rings is 1. The monoisotopic (exact) mass is 482 g/mol. The second-order valence-corrected chi connectivity index (χ2v) is 5.40. The van der Waals surface area contributed by atoms with Gasteiger partial charge >= 0.3 is 0 Å². The number of ether oxygens (including phenoxy) is 1. The Hall–Kier alpha value is -2.56. The van der Waals surface area contributed by atoms with Crippen LogP contribution in [0.25, 0.3) is 11.6 Å². The van der Waals surface area contributed by atoms with Crippen LogP contribution in [0.4, 0.5) is 0 Å². The molecule has 0 saturated heterocycles. The molecule has 27 heavy (non-hydrogen) atoms. The van der Waals surface area contributed by atoms with Crippen molar-refractivity contribution in [2.75, 3.05) is 13.7 Å². The number of hydrogen-bond donors (Lipinski definition) is 3. The number of aromatic amines is 1. The number of aromatic nitrogens is 3. The first-order valence-corrected chi connectivity index (χ1v) is 8.40. The van der Waals surface area contributed by atoms with Crippen LogP contribution in [0.2, 0.25) is 0 Å². The third kappa shape index (κ3) is 5.71. The first-order chi connectivity index (χ1) is 12.8. The summed E-state index contributed by atoms with van der Waals surface area (Å²) in [6.45, 7) is 3.66. The molecule has 144 valence electrons. The van der Waals surface area contributed by atoms with Crippen molar-refractivity contribution in [1.82, 2.24) is 25.8 Å². The Morgan fingerprint density at radius 2 is 2.00 bits per heavy atom. The SMILES string of the molecule is CCOc1ccccc1CNC(=NC)NCc1nc(-c2ccco2)n[nH]1.I. The van der Waals surface area contributed by atoms with Crippen molar-refractivity contribution >= 4 is 29.9 Å². The summed E-state index contributed by atoms with van der Waals surface area (Å²) in [5, 5.41) is 13.5. The van der Waals surface area contributed by atoms with Crippen LogP contribution in [0.1, 0.15) is 18.3 Å². The quantitative estimate of drug-likeness (QED) is 0.272. The van der Waals surface area contributed by atoms with Crippen molar-refractivity contribution < 1.29 is 9.15 Å². The minimum atomic E-state index is 0. The molecule has 0 radical (unpaired) electrons. The number of para-hydroxylation sites is 1. The van der Waals surface area contributed by atoms with Gasteiger partial charge in [-0.25, -0.2) is 4.98 Å². The largest absolute Gasteiger partial charge is 0.494 e. The van der Waals surface area contributed by atoms with Crippen LogP contribution in [0, 0.1) is 0 Å². The van der Waals surface area contributed by atoms with Crippen molar-refractivity contribution in [3.8, 4) is 17.3 Å². The van der Waals surface area contributed by atoms with E-state index >= 15 is 0 Å². The maximum Gasteiger partial charge on any atom is 0.216 e. The van der Waals surface area contributed by atoms with Gasteiger partial charge in [0.25, 0.3) is 0 Å². The fourth-order valence-corrected chi connectivity index (χ4v) is 2.40. The lowest BCUT2D eigenvalue weighted by molar-refractivity contribution is 0.336. The van der Waals surface area contributed by atoms with E-state index in [1.807, 2.05) is 37.3 Å². The van der Waals surface area contributed by atoms with Crippen molar-refractivity contribution in [1.29, 1.82) is 0 Å². The summed E-state index contributed by atoms with van der Waals surface area (Å²) >= 11 is 0. The van der Waals surface area contributed by atoms with Crippen molar-refractivity contribution in [2.45, 2.75) is 20.0 Å². The van der Waals surface area contributed by atoms with Crippen LogP contribution in [0.5, 0.6) is 5.75 Å². The van der Waals surface area contributed by atoms with Gasteiger partial charge in [0, 0.05) is 19.2 Å². The van der Waals surface area contributed by atoms with Crippen LogP contribution in [0.3, 0.4) is 0 Å². The molecule has 0 bridgehead atoms. The van der Waals surface area contributed by atoms with Gasteiger partial charge in [0.15, 0.2) is 11.7 Å². The zero-order valence-corrected chi connectivity index (χ0v) is 17.6. The second-order valence-electron chi connectivity index (χ2n) is 5.40. The molecule has 3 aromatic rings. The molecular formula is C18H23IN6O2. The molecule has 0 aliphatic carbocycles. The van der Waals surface area contributed by atoms with Gasteiger partial charge in [0.2, 0.25) is 5.82 Å². The zero-order valence-electron chi connectivity index (χ0n) is 15.2. The first-order valence-electron chi connectivity index (χ1n) is 8.40. The molecule has 3 rings (SSSR count). The minimum Gasteiger partial charge on any atom is -0.494 e. The summed E-state index contributed by atoms with van der Waals surface area (Å²) in [6.07, 6.45) is 1.59. The van der Waals surface area contributed by atoms with Gasteiger partial charge in [-0.1, -0.05) is 18.2 Å². The molecule has 3 N–H and O–H groups in total. The number of H-pyrrole nitrogens is 1. The molecule has 0 spiro atoms. The summed E-state index contributed by atoms with van der Waals surface area (Å²) in [6, 6.07) is 11.5. The zero-order chi connectivity index (χ0) is 18.2. The van der Waals surface area contributed by atoms with E-state index in [-0.39, 0.29) is 24.0 Å². The number of nitrogens with one attached hydrogen (secondary N) is 3. The summed E-state index contributed by atoms with van der Waals surface area (Å²) in [7, 11) is 1.72. The number of halogens is 1. The Bertz CT molecular complexity index is 847. The van der Waals surface area contributed by atoms with Gasteiger partial charge in [0.05, 0.1) is 19.4 Å². The highest BCUT2D eigenvalue weighted by Crippen LogP contribution is 2.17. The molecule has 0 aliphatic heterocycles. The predicted octanol–water partition coefficient (Wildman–Crippen LogP) is 2.95. The highest BCUT2D eigenvalue weighted by atomic mass is 127. The molecule has 8 nitrogen and oxygen atoms in total. The van der Waals surface area contributed by atoms with Crippen molar-refractivity contribution in [3.05, 3.63) is 54.0 Å². The number of guanidine groups is 1. The normalized spacial score (nSPS) is 11.0. The molecule has 0 atom stereocenters. The lowest BCUT2D eigenvalue weighted by atomic mass is 10.2. The Morgan fingerprint density at radius 3 is 2.74 bits per heavy atom. The molecule has 0 saturated carbocycles. The van der Waals surface area contributed by atoms with E-state index in [1.54, 1.807) is 19.4 Å². The highest BCUT2D eigenvalue weighted by Gasteiger charge is 2.09. The van der Waals surface area contributed by atoms with Gasteiger partial charge in [0.1, 0.15) is 11.6 Å². The van der Waals surface area contributed by atoms with Crippen molar-refractivity contribution in [2.24, 2.45) is 4.99 Å². The summed E-state index contributed by atoms with van der Waals surface area (Å²) in [4.78, 5) is 8.61. The number of rotatable bonds is 7. The third-order valence-corrected chi connectivity index (χ3v) is 3.64. The minimum absolute atomic E-state index is 0. The number of nitrogens with zero attached hydrogens (tertiary/aromatic N) is 3. The van der Waals surface area contributed by atoms with E-state index in [4.69, 9.17) is 9.15 Å². The lowest BCUT2D eigenvalue weighted by Crippen LogP contribution is -2.36. The number of aliphatic imine (C=N–C) groups is 1. The predicted molar refractivity (Wildman–Crippen MR) is 114 cm³/mol. The van der Waals surface area contributed by atoms with Gasteiger partial charge in [-0.05, 0) is 25.1 Å². The smallest absolute Gasteiger partial charge is 0.216 e. The first kappa shape index (κ1) is 20.7. The molecule has 0 unspecified atom stereocenters. The molecule has 2 aromatic heterocycles. The molecule has 2 heterocycles. The Kier molecular flexibility index (Phi) is 8.11. The van der Waals surface area contributed by atoms with E-state index in [0.29, 0.717) is 43.1 Å². The maximum atomic E-state index is 5.64. The van der Waals surface area contributed by atoms with Crippen LogP contribution >= 0.6 is 24.0 Å². The van der Waals surface area contributed by atoms with E-state index < -0.39 is 0 Å². The van der Waals surface area contributed by atoms with E-state index in [1.165, 1.54) is 0 Å². The number of hydrogen-bond acceptors (Lipinski definition) is 5. The fraction of sp³-hybridized carbons (Fsp3) is 0.278. The molecule has 1 aromatic carbocycles. The second kappa shape index (κ2) is 10.6. The fourth-order valence-electron chi connectivity index (χ4n) is 2.40. The molecule has 0 fully saturated rings. The summed E-state index contributed by atoms with van der Waals surface area (Å²) < 4.78 is 10.9. The Labute approximate surface area is 174 Å². The third-order valence-electron chi connectivity index (χ3n) is 3.64. The van der Waals surface area contributed by atoms with Crippen LogP contribution in [-0.4, -0.2) is 34.8 Å². The molecule has 0 aliphatic rings. The maximum absolute atomic E-state index is 5.64. The average molecular weight is 482 g/mol. The Balaban J connectivity index is 0.00000261. The van der Waals surface area contributed by atoms with E-state index in [0.717, 1.165) is 11.3 Å². The summed E-state index contributed by atoms with van der Waals surface area (Å²) in [5.41, 5.74) is 1.07. The van der Waals surface area contributed by atoms with Gasteiger partial charge in [-0.15, -0.1) is 29.1 Å². The molecular weight excluding hydrogens is 459 g/mol. The van der Waals surface area contributed by atoms with Crippen molar-refractivity contribution in [3.63, 3.8) is 0 Å². The molecule has 9 heteroatoms. The van der Waals surface area contributed by atoms with E-state index in [2.05, 4.69) is 30.8 Å². The Morgan fingerprint density at radius 1 is 1.19 bits per heavy atom. The van der Waals surface area contributed by atoms with Gasteiger partial charge in [-0.2, -0.15) is 0 Å². The lowest BCUT2D eigenvalue weighted by Gasteiger charge is -2.13. The molecule has 0 amide bonds. The highest BCUT2D eigenvalue weighted by molar-refractivity contribution is 14.0. The number of benzene rings is 1. The van der Waals surface area contributed by atoms with E-state index in [9.17, 15) is 0 Å². The van der Waals surface area contributed by atoms with Crippen LogP contribution in [-0.2, 0) is 13.1 Å². The van der Waals surface area contributed by atoms with Gasteiger partial charge < -0.3 is 19.8 Å². The summed E-state index contributed by atoms with van der Waals surface area (Å²) in [5.74, 6) is 3.38. The topological polar surface area (TPSA) is 100 Å².